The third-order valence-corrected chi connectivity index (χ3v) is 4.41. The second kappa shape index (κ2) is 8.24. The quantitative estimate of drug-likeness (QED) is 0.821. The lowest BCUT2D eigenvalue weighted by Gasteiger charge is -2.34. The highest BCUT2D eigenvalue weighted by Gasteiger charge is 2.31. The monoisotopic (exact) mass is 354 g/mol. The molecule has 0 saturated carbocycles. The van der Waals surface area contributed by atoms with Crippen LogP contribution in [0, 0.1) is 11.8 Å². The molecule has 0 aromatic heterocycles. The number of hydrogen-bond acceptors (Lipinski definition) is 4. The van der Waals surface area contributed by atoms with Gasteiger partial charge in [-0.15, -0.1) is 0 Å². The molecule has 0 bridgehead atoms. The second-order valence-corrected chi connectivity index (χ2v) is 6.63. The highest BCUT2D eigenvalue weighted by atomic mass is 35.5. The van der Waals surface area contributed by atoms with E-state index in [4.69, 9.17) is 16.3 Å². The Morgan fingerprint density at radius 3 is 2.83 bits per heavy atom. The summed E-state index contributed by atoms with van der Waals surface area (Å²) in [6, 6.07) is 5.24. The van der Waals surface area contributed by atoms with Crippen molar-refractivity contribution in [3.63, 3.8) is 0 Å². The highest BCUT2D eigenvalue weighted by molar-refractivity contribution is 6.30. The van der Waals surface area contributed by atoms with Gasteiger partial charge in [-0.1, -0.05) is 18.5 Å². The van der Waals surface area contributed by atoms with Gasteiger partial charge in [-0.25, -0.2) is 0 Å². The molecule has 7 heteroatoms. The number of anilines is 1. The summed E-state index contributed by atoms with van der Waals surface area (Å²) in [6.07, 6.45) is 0.909. The molecule has 132 valence electrons. The SMILES string of the molecule is COc1ccc(Cl)cc1NCCC(=O)N1CC(C)CC(C(=O)O)C1. The Bertz CT molecular complexity index is 608. The first-order valence-corrected chi connectivity index (χ1v) is 8.36. The number of carbonyl (C=O) groups is 2. The van der Waals surface area contributed by atoms with Crippen LogP contribution >= 0.6 is 11.6 Å². The van der Waals surface area contributed by atoms with E-state index >= 15 is 0 Å². The second-order valence-electron chi connectivity index (χ2n) is 6.20. The fraction of sp³-hybridized carbons (Fsp3) is 0.529. The van der Waals surface area contributed by atoms with Crippen LogP contribution in [0.2, 0.25) is 5.02 Å². The van der Waals surface area contributed by atoms with Gasteiger partial charge in [0.05, 0.1) is 18.7 Å². The van der Waals surface area contributed by atoms with Crippen molar-refractivity contribution in [2.24, 2.45) is 11.8 Å². The number of piperidine rings is 1. The number of likely N-dealkylation sites (tertiary alicyclic amines) is 1. The van der Waals surface area contributed by atoms with E-state index in [2.05, 4.69) is 5.32 Å². The van der Waals surface area contributed by atoms with Gasteiger partial charge in [-0.05, 0) is 30.5 Å². The average Bonchev–Trinajstić information content (AvgIpc) is 2.54. The van der Waals surface area contributed by atoms with Crippen LogP contribution in [0.1, 0.15) is 19.8 Å². The van der Waals surface area contributed by atoms with Crippen molar-refractivity contribution in [2.45, 2.75) is 19.8 Å². The van der Waals surface area contributed by atoms with E-state index in [1.807, 2.05) is 6.92 Å². The smallest absolute Gasteiger partial charge is 0.308 e. The van der Waals surface area contributed by atoms with Gasteiger partial charge in [0.25, 0.3) is 0 Å². The van der Waals surface area contributed by atoms with Crippen molar-refractivity contribution >= 4 is 29.2 Å². The number of ether oxygens (including phenoxy) is 1. The van der Waals surface area contributed by atoms with Crippen molar-refractivity contribution in [1.29, 1.82) is 0 Å². The Hall–Kier alpha value is -1.95. The number of methoxy groups -OCH3 is 1. The van der Waals surface area contributed by atoms with Crippen LogP contribution in [0.3, 0.4) is 0 Å². The molecule has 2 unspecified atom stereocenters. The number of nitrogens with one attached hydrogen (secondary N) is 1. The van der Waals surface area contributed by atoms with Gasteiger partial charge in [-0.2, -0.15) is 0 Å². The Kier molecular flexibility index (Phi) is 6.31. The average molecular weight is 355 g/mol. The number of carboxylic acids is 1. The maximum atomic E-state index is 12.4. The fourth-order valence-corrected chi connectivity index (χ4v) is 3.19. The number of carbonyl (C=O) groups excluding carboxylic acids is 1. The Balaban J connectivity index is 1.89. The van der Waals surface area contributed by atoms with Gasteiger partial charge in [0.1, 0.15) is 5.75 Å². The molecule has 2 atom stereocenters. The molecule has 2 rings (SSSR count). The zero-order valence-corrected chi connectivity index (χ0v) is 14.7. The lowest BCUT2D eigenvalue weighted by Crippen LogP contribution is -2.45. The largest absolute Gasteiger partial charge is 0.495 e. The van der Waals surface area contributed by atoms with E-state index in [0.717, 1.165) is 5.69 Å². The van der Waals surface area contributed by atoms with E-state index in [1.165, 1.54) is 0 Å². The predicted molar refractivity (Wildman–Crippen MR) is 92.6 cm³/mol. The summed E-state index contributed by atoms with van der Waals surface area (Å²) < 4.78 is 5.25. The number of carboxylic acid groups (broad SMARTS) is 1. The number of aliphatic carboxylic acids is 1. The summed E-state index contributed by atoms with van der Waals surface area (Å²) in [5.41, 5.74) is 0.730. The molecule has 6 nitrogen and oxygen atoms in total. The lowest BCUT2D eigenvalue weighted by molar-refractivity contribution is -0.146. The van der Waals surface area contributed by atoms with Gasteiger partial charge in [-0.3, -0.25) is 9.59 Å². The molecule has 1 aliphatic heterocycles. The number of hydrogen-bond donors (Lipinski definition) is 2. The van der Waals surface area contributed by atoms with Crippen molar-refractivity contribution in [3.05, 3.63) is 23.2 Å². The van der Waals surface area contributed by atoms with Crippen molar-refractivity contribution in [2.75, 3.05) is 32.1 Å². The number of halogens is 1. The molecule has 1 saturated heterocycles. The minimum absolute atomic E-state index is 0.0405. The van der Waals surface area contributed by atoms with Crippen LogP contribution in [-0.4, -0.2) is 48.6 Å². The van der Waals surface area contributed by atoms with E-state index < -0.39 is 11.9 Å². The summed E-state index contributed by atoms with van der Waals surface area (Å²) in [4.78, 5) is 25.2. The molecule has 0 radical (unpaired) electrons. The molecular formula is C17H23ClN2O4. The normalized spacial score (nSPS) is 20.5. The molecule has 0 aliphatic carbocycles. The van der Waals surface area contributed by atoms with Crippen molar-refractivity contribution in [1.82, 2.24) is 4.90 Å². The predicted octanol–water partition coefficient (Wildman–Crippen LogP) is 2.72. The number of amides is 1. The zero-order valence-electron chi connectivity index (χ0n) is 13.9. The molecule has 1 amide bonds. The third-order valence-electron chi connectivity index (χ3n) is 4.18. The van der Waals surface area contributed by atoms with E-state index in [-0.39, 0.29) is 18.2 Å². The fourth-order valence-electron chi connectivity index (χ4n) is 3.01. The van der Waals surface area contributed by atoms with Crippen molar-refractivity contribution < 1.29 is 19.4 Å². The van der Waals surface area contributed by atoms with Gasteiger partial charge in [0.15, 0.2) is 0 Å². The first-order chi connectivity index (χ1) is 11.4. The standard InChI is InChI=1S/C17H23ClN2O4/c1-11-7-12(17(22)23)10-20(9-11)16(21)5-6-19-14-8-13(18)3-4-15(14)24-2/h3-4,8,11-12,19H,5-7,9-10H2,1-2H3,(H,22,23). The topological polar surface area (TPSA) is 78.9 Å². The highest BCUT2D eigenvalue weighted by Crippen LogP contribution is 2.27. The van der Waals surface area contributed by atoms with Crippen LogP contribution in [0.15, 0.2) is 18.2 Å². The van der Waals surface area contributed by atoms with Gasteiger partial charge in [0.2, 0.25) is 5.91 Å². The zero-order chi connectivity index (χ0) is 17.7. The molecule has 0 spiro atoms. The Labute approximate surface area is 146 Å². The van der Waals surface area contributed by atoms with Gasteiger partial charge < -0.3 is 20.1 Å². The van der Waals surface area contributed by atoms with E-state index in [1.54, 1.807) is 30.2 Å². The molecule has 1 heterocycles. The van der Waals surface area contributed by atoms with E-state index in [0.29, 0.717) is 36.8 Å². The minimum Gasteiger partial charge on any atom is -0.495 e. The van der Waals surface area contributed by atoms with Crippen LogP contribution in [0.5, 0.6) is 5.75 Å². The number of rotatable bonds is 6. The van der Waals surface area contributed by atoms with Crippen LogP contribution in [0.25, 0.3) is 0 Å². The lowest BCUT2D eigenvalue weighted by atomic mass is 9.90. The van der Waals surface area contributed by atoms with Crippen molar-refractivity contribution in [3.8, 4) is 5.75 Å². The molecule has 1 aromatic carbocycles. The first kappa shape index (κ1) is 18.4. The van der Waals surface area contributed by atoms with Crippen LogP contribution in [-0.2, 0) is 9.59 Å². The maximum absolute atomic E-state index is 12.4. The summed E-state index contributed by atoms with van der Waals surface area (Å²) in [6.45, 7) is 3.31. The summed E-state index contributed by atoms with van der Waals surface area (Å²) in [7, 11) is 1.57. The maximum Gasteiger partial charge on any atom is 0.308 e. The summed E-state index contributed by atoms with van der Waals surface area (Å²) >= 11 is 5.97. The summed E-state index contributed by atoms with van der Waals surface area (Å²) in [5, 5.41) is 12.9. The number of nitrogens with zero attached hydrogens (tertiary/aromatic N) is 1. The molecule has 2 N–H and O–H groups in total. The number of benzene rings is 1. The first-order valence-electron chi connectivity index (χ1n) is 7.98. The van der Waals surface area contributed by atoms with Crippen LogP contribution < -0.4 is 10.1 Å². The van der Waals surface area contributed by atoms with E-state index in [9.17, 15) is 14.7 Å². The van der Waals surface area contributed by atoms with Gasteiger partial charge in [0, 0.05) is 31.1 Å². The Morgan fingerprint density at radius 1 is 1.42 bits per heavy atom. The molecular weight excluding hydrogens is 332 g/mol. The summed E-state index contributed by atoms with van der Waals surface area (Å²) in [5.74, 6) is -0.490. The molecule has 1 fully saturated rings. The van der Waals surface area contributed by atoms with Gasteiger partial charge >= 0.3 is 5.97 Å². The molecule has 1 aliphatic rings. The Morgan fingerprint density at radius 2 is 2.17 bits per heavy atom. The van der Waals surface area contributed by atoms with Crippen LogP contribution in [0.4, 0.5) is 5.69 Å². The molecule has 1 aromatic rings. The third kappa shape index (κ3) is 4.77. The molecule has 24 heavy (non-hydrogen) atoms. The minimum atomic E-state index is -0.832.